The molecule has 1 saturated heterocycles. The van der Waals surface area contributed by atoms with Gasteiger partial charge < -0.3 is 15.5 Å². The molecule has 0 aromatic heterocycles. The summed E-state index contributed by atoms with van der Waals surface area (Å²) in [6.07, 6.45) is 2.76. The minimum Gasteiger partial charge on any atom is -0.352 e. The number of hydrogen-bond donors (Lipinski definition) is 2. The summed E-state index contributed by atoms with van der Waals surface area (Å²) in [5.41, 5.74) is 4.97. The second-order valence-corrected chi connectivity index (χ2v) is 8.87. The number of aliphatic imine (C=N–C) groups is 1. The highest BCUT2D eigenvalue weighted by molar-refractivity contribution is 14.0. The van der Waals surface area contributed by atoms with Crippen molar-refractivity contribution >= 4 is 35.8 Å². The van der Waals surface area contributed by atoms with E-state index in [1.807, 2.05) is 4.90 Å². The van der Waals surface area contributed by atoms with Gasteiger partial charge in [0.1, 0.15) is 0 Å². The molecule has 0 radical (unpaired) electrons. The van der Waals surface area contributed by atoms with Crippen LogP contribution in [0.25, 0.3) is 0 Å². The van der Waals surface area contributed by atoms with Crippen LogP contribution in [-0.2, 0) is 24.3 Å². The fourth-order valence-corrected chi connectivity index (χ4v) is 4.01. The van der Waals surface area contributed by atoms with Gasteiger partial charge in [0, 0.05) is 33.1 Å². The Morgan fingerprint density at radius 3 is 2.41 bits per heavy atom. The maximum atomic E-state index is 11.9. The summed E-state index contributed by atoms with van der Waals surface area (Å²) in [6, 6.07) is 17.4. The summed E-state index contributed by atoms with van der Waals surface area (Å²) in [4.78, 5) is 18.2. The average molecular weight is 549 g/mol. The van der Waals surface area contributed by atoms with E-state index in [0.29, 0.717) is 25.4 Å². The van der Waals surface area contributed by atoms with Gasteiger partial charge in [0.05, 0.1) is 6.04 Å². The first-order chi connectivity index (χ1) is 14.9. The molecule has 1 atom stereocenters. The molecule has 0 saturated carbocycles. The van der Waals surface area contributed by atoms with Crippen molar-refractivity contribution in [2.45, 2.75) is 59.2 Å². The lowest BCUT2D eigenvalue weighted by molar-refractivity contribution is -0.128. The molecule has 1 aliphatic heterocycles. The normalized spacial score (nSPS) is 15.0. The molecular weight excluding hydrogens is 511 g/mol. The van der Waals surface area contributed by atoms with E-state index in [1.165, 1.54) is 22.3 Å². The third kappa shape index (κ3) is 7.80. The van der Waals surface area contributed by atoms with Crippen molar-refractivity contribution in [3.63, 3.8) is 0 Å². The van der Waals surface area contributed by atoms with Crippen molar-refractivity contribution in [1.82, 2.24) is 15.5 Å². The Morgan fingerprint density at radius 2 is 1.78 bits per heavy atom. The molecule has 2 aromatic rings. The number of nitrogens with one attached hydrogen (secondary N) is 2. The first kappa shape index (κ1) is 26.2. The topological polar surface area (TPSA) is 56.7 Å². The molecule has 0 bridgehead atoms. The molecule has 1 amide bonds. The molecule has 1 unspecified atom stereocenters. The van der Waals surface area contributed by atoms with E-state index in [4.69, 9.17) is 0 Å². The average Bonchev–Trinajstić information content (AvgIpc) is 3.15. The number of carbonyl (C=O) groups excluding carboxylic acids is 1. The van der Waals surface area contributed by atoms with Crippen LogP contribution in [0.4, 0.5) is 0 Å². The Balaban J connectivity index is 0.00000363. The number of rotatable bonds is 8. The van der Waals surface area contributed by atoms with Crippen LogP contribution in [0.1, 0.15) is 61.9 Å². The van der Waals surface area contributed by atoms with Crippen molar-refractivity contribution in [2.75, 3.05) is 13.6 Å². The van der Waals surface area contributed by atoms with Gasteiger partial charge in [0.2, 0.25) is 5.91 Å². The van der Waals surface area contributed by atoms with Gasteiger partial charge in [-0.15, -0.1) is 24.0 Å². The largest absolute Gasteiger partial charge is 0.352 e. The molecule has 0 spiro atoms. The van der Waals surface area contributed by atoms with Gasteiger partial charge >= 0.3 is 0 Å². The Labute approximate surface area is 210 Å². The molecule has 1 fully saturated rings. The molecule has 1 heterocycles. The number of carbonyl (C=O) groups is 1. The predicted octanol–water partition coefficient (Wildman–Crippen LogP) is 5.05. The summed E-state index contributed by atoms with van der Waals surface area (Å²) >= 11 is 0. The van der Waals surface area contributed by atoms with E-state index in [2.05, 4.69) is 84.9 Å². The monoisotopic (exact) mass is 548 g/mol. The maximum absolute atomic E-state index is 11.9. The molecule has 174 valence electrons. The minimum absolute atomic E-state index is 0. The molecule has 0 aliphatic carbocycles. The number of hydrogen-bond acceptors (Lipinski definition) is 2. The number of halogens is 1. The standard InChI is InChI=1S/C26H36N4O.HI/c1-19(2)15-21-10-12-24(13-11-21)20(3)29-26(27-4)28-17-22-7-5-8-23(16-22)18-30-14-6-9-25(30)31;/h5,7-8,10-13,16,19-20H,6,9,14-15,17-18H2,1-4H3,(H2,27,28,29);1H. The van der Waals surface area contributed by atoms with Crippen molar-refractivity contribution in [1.29, 1.82) is 0 Å². The van der Waals surface area contributed by atoms with Crippen molar-refractivity contribution in [3.8, 4) is 0 Å². The third-order valence-electron chi connectivity index (χ3n) is 5.70. The highest BCUT2D eigenvalue weighted by atomic mass is 127. The van der Waals surface area contributed by atoms with E-state index in [0.717, 1.165) is 25.3 Å². The van der Waals surface area contributed by atoms with Crippen LogP contribution in [0.3, 0.4) is 0 Å². The highest BCUT2D eigenvalue weighted by Crippen LogP contribution is 2.17. The lowest BCUT2D eigenvalue weighted by Crippen LogP contribution is -2.38. The second kappa shape index (κ2) is 12.8. The summed E-state index contributed by atoms with van der Waals surface area (Å²) < 4.78 is 0. The number of guanidine groups is 1. The number of benzene rings is 2. The van der Waals surface area contributed by atoms with Crippen molar-refractivity contribution in [2.24, 2.45) is 10.9 Å². The van der Waals surface area contributed by atoms with Crippen LogP contribution in [0.15, 0.2) is 53.5 Å². The Morgan fingerprint density at radius 1 is 1.06 bits per heavy atom. The van der Waals surface area contributed by atoms with Crippen LogP contribution < -0.4 is 10.6 Å². The lowest BCUT2D eigenvalue weighted by atomic mass is 10.00. The zero-order chi connectivity index (χ0) is 22.2. The zero-order valence-electron chi connectivity index (χ0n) is 19.7. The quantitative estimate of drug-likeness (QED) is 0.276. The second-order valence-electron chi connectivity index (χ2n) is 8.87. The van der Waals surface area contributed by atoms with E-state index >= 15 is 0 Å². The van der Waals surface area contributed by atoms with Gasteiger partial charge in [-0.25, -0.2) is 0 Å². The molecule has 3 rings (SSSR count). The van der Waals surface area contributed by atoms with Crippen LogP contribution in [0.5, 0.6) is 0 Å². The van der Waals surface area contributed by atoms with Crippen LogP contribution in [0, 0.1) is 5.92 Å². The molecule has 2 aromatic carbocycles. The van der Waals surface area contributed by atoms with E-state index < -0.39 is 0 Å². The fraction of sp³-hybridized carbons (Fsp3) is 0.462. The predicted molar refractivity (Wildman–Crippen MR) is 143 cm³/mol. The first-order valence-electron chi connectivity index (χ1n) is 11.4. The first-order valence-corrected chi connectivity index (χ1v) is 11.4. The van der Waals surface area contributed by atoms with Crippen LogP contribution >= 0.6 is 24.0 Å². The van der Waals surface area contributed by atoms with E-state index in [9.17, 15) is 4.79 Å². The Bertz CT molecular complexity index is 895. The van der Waals surface area contributed by atoms with E-state index in [-0.39, 0.29) is 35.9 Å². The summed E-state index contributed by atoms with van der Waals surface area (Å²) in [5.74, 6) is 1.71. The molecule has 1 aliphatic rings. The van der Waals surface area contributed by atoms with Gasteiger partial charge in [0.25, 0.3) is 0 Å². The zero-order valence-corrected chi connectivity index (χ0v) is 22.1. The molecule has 5 nitrogen and oxygen atoms in total. The van der Waals surface area contributed by atoms with Crippen LogP contribution in [-0.4, -0.2) is 30.4 Å². The number of nitrogens with zero attached hydrogens (tertiary/aromatic N) is 2. The maximum Gasteiger partial charge on any atom is 0.222 e. The SMILES string of the molecule is CN=C(NCc1cccc(CN2CCCC2=O)c1)NC(C)c1ccc(CC(C)C)cc1.I. The van der Waals surface area contributed by atoms with Crippen molar-refractivity contribution < 1.29 is 4.79 Å². The Kier molecular flexibility index (Phi) is 10.5. The molecule has 2 N–H and O–H groups in total. The molecule has 32 heavy (non-hydrogen) atoms. The van der Waals surface area contributed by atoms with Gasteiger partial charge in [-0.2, -0.15) is 0 Å². The number of likely N-dealkylation sites (tertiary alicyclic amines) is 1. The van der Waals surface area contributed by atoms with E-state index in [1.54, 1.807) is 7.05 Å². The van der Waals surface area contributed by atoms with Gasteiger partial charge in [-0.05, 0) is 47.9 Å². The summed E-state index contributed by atoms with van der Waals surface area (Å²) in [7, 11) is 1.79. The summed E-state index contributed by atoms with van der Waals surface area (Å²) in [6.45, 7) is 8.89. The number of amides is 1. The van der Waals surface area contributed by atoms with Gasteiger partial charge in [0.15, 0.2) is 5.96 Å². The molecule has 6 heteroatoms. The fourth-order valence-electron chi connectivity index (χ4n) is 4.01. The smallest absolute Gasteiger partial charge is 0.222 e. The Hall–Kier alpha value is -2.09. The van der Waals surface area contributed by atoms with Crippen molar-refractivity contribution in [3.05, 3.63) is 70.8 Å². The van der Waals surface area contributed by atoms with Crippen LogP contribution in [0.2, 0.25) is 0 Å². The lowest BCUT2D eigenvalue weighted by Gasteiger charge is -2.19. The highest BCUT2D eigenvalue weighted by Gasteiger charge is 2.20. The van der Waals surface area contributed by atoms with Gasteiger partial charge in [-0.3, -0.25) is 9.79 Å². The minimum atomic E-state index is 0. The molecular formula is C26H37IN4O. The summed E-state index contributed by atoms with van der Waals surface area (Å²) in [5, 5.41) is 6.89. The third-order valence-corrected chi connectivity index (χ3v) is 5.70. The van der Waals surface area contributed by atoms with Gasteiger partial charge in [-0.1, -0.05) is 62.4 Å².